The lowest BCUT2D eigenvalue weighted by atomic mass is 9.82. The molecule has 1 aliphatic heterocycles. The number of nitrogens with zero attached hydrogens (tertiary/aromatic N) is 2. The monoisotopic (exact) mass is 490 g/mol. The van der Waals surface area contributed by atoms with Crippen molar-refractivity contribution in [1.82, 2.24) is 9.21 Å². The Labute approximate surface area is 201 Å². The number of carbonyl (C=O) groups excluding carboxylic acids is 1. The van der Waals surface area contributed by atoms with Crippen molar-refractivity contribution >= 4 is 27.4 Å². The first-order chi connectivity index (χ1) is 15.7. The minimum Gasteiger partial charge on any atom is -0.489 e. The van der Waals surface area contributed by atoms with Crippen LogP contribution in [0, 0.1) is 5.92 Å². The van der Waals surface area contributed by atoms with Crippen molar-refractivity contribution in [3.63, 3.8) is 0 Å². The highest BCUT2D eigenvalue weighted by Gasteiger charge is 2.34. The van der Waals surface area contributed by atoms with Gasteiger partial charge in [-0.15, -0.1) is 0 Å². The Morgan fingerprint density at radius 2 is 1.79 bits per heavy atom. The molecule has 4 rings (SSSR count). The molecule has 2 fully saturated rings. The maximum absolute atomic E-state index is 12.9. The van der Waals surface area contributed by atoms with Gasteiger partial charge < -0.3 is 4.74 Å². The molecule has 2 aliphatic rings. The lowest BCUT2D eigenvalue weighted by Gasteiger charge is -2.37. The van der Waals surface area contributed by atoms with Gasteiger partial charge in [-0.2, -0.15) is 0 Å². The van der Waals surface area contributed by atoms with E-state index in [0.29, 0.717) is 22.9 Å². The molecule has 2 aromatic carbocycles. The van der Waals surface area contributed by atoms with Gasteiger partial charge in [0.15, 0.2) is 5.78 Å². The van der Waals surface area contributed by atoms with Gasteiger partial charge in [0, 0.05) is 25.7 Å². The maximum atomic E-state index is 12.9. The van der Waals surface area contributed by atoms with Crippen LogP contribution in [0.15, 0.2) is 47.4 Å². The molecule has 0 atom stereocenters. The zero-order valence-electron chi connectivity index (χ0n) is 19.2. The van der Waals surface area contributed by atoms with Crippen molar-refractivity contribution in [2.45, 2.75) is 50.2 Å². The van der Waals surface area contributed by atoms with Crippen molar-refractivity contribution in [2.75, 3.05) is 26.7 Å². The fourth-order valence-corrected chi connectivity index (χ4v) is 6.03. The number of halogens is 1. The molecule has 1 saturated heterocycles. The van der Waals surface area contributed by atoms with Crippen LogP contribution in [-0.4, -0.2) is 56.2 Å². The number of ether oxygens (including phenoxy) is 1. The third-order valence-electron chi connectivity index (χ3n) is 6.61. The summed E-state index contributed by atoms with van der Waals surface area (Å²) in [6.45, 7) is 4.96. The molecule has 1 aliphatic carbocycles. The van der Waals surface area contributed by atoms with Crippen LogP contribution in [0.2, 0.25) is 5.02 Å². The van der Waals surface area contributed by atoms with Gasteiger partial charge in [0.1, 0.15) is 5.75 Å². The molecule has 0 N–H and O–H groups in total. The summed E-state index contributed by atoms with van der Waals surface area (Å²) in [5.74, 6) is 0.857. The normalized spacial score (nSPS) is 21.2. The Balaban J connectivity index is 1.30. The van der Waals surface area contributed by atoms with Crippen LogP contribution in [0.5, 0.6) is 5.75 Å². The standard InChI is InChI=1S/C25H31ClN2O4S/c1-18(29)20-8-10-23(11-9-20)33(30,31)27(2)16-19-14-22(15-19)32-24-7-5-6-21(25(24)26)17-28-12-3-4-13-28/h5-11,19,22H,3-4,12-17H2,1-2H3. The molecule has 1 saturated carbocycles. The van der Waals surface area contributed by atoms with E-state index < -0.39 is 10.0 Å². The zero-order chi connectivity index (χ0) is 23.6. The van der Waals surface area contributed by atoms with Gasteiger partial charge >= 0.3 is 0 Å². The number of benzene rings is 2. The fourth-order valence-electron chi connectivity index (χ4n) is 4.55. The van der Waals surface area contributed by atoms with E-state index in [1.807, 2.05) is 12.1 Å². The second-order valence-corrected chi connectivity index (χ2v) is 11.6. The van der Waals surface area contributed by atoms with E-state index in [0.717, 1.165) is 38.0 Å². The van der Waals surface area contributed by atoms with Crippen molar-refractivity contribution in [2.24, 2.45) is 5.92 Å². The van der Waals surface area contributed by atoms with E-state index in [-0.39, 0.29) is 22.7 Å². The van der Waals surface area contributed by atoms with Gasteiger partial charge in [-0.3, -0.25) is 9.69 Å². The quantitative estimate of drug-likeness (QED) is 0.480. The van der Waals surface area contributed by atoms with Crippen LogP contribution < -0.4 is 4.74 Å². The number of rotatable bonds is 9. The van der Waals surface area contributed by atoms with E-state index in [1.54, 1.807) is 19.2 Å². The smallest absolute Gasteiger partial charge is 0.242 e. The molecule has 8 heteroatoms. The topological polar surface area (TPSA) is 66.9 Å². The minimum absolute atomic E-state index is 0.0421. The Morgan fingerprint density at radius 3 is 2.42 bits per heavy atom. The zero-order valence-corrected chi connectivity index (χ0v) is 20.7. The highest BCUT2D eigenvalue weighted by atomic mass is 35.5. The number of Topliss-reactive ketones (excluding diaryl/α,β-unsaturated/α-hetero) is 1. The van der Waals surface area contributed by atoms with Crippen LogP contribution in [0.25, 0.3) is 0 Å². The summed E-state index contributed by atoms with van der Waals surface area (Å²) < 4.78 is 33.3. The Morgan fingerprint density at radius 1 is 1.12 bits per heavy atom. The second kappa shape index (κ2) is 10.1. The summed E-state index contributed by atoms with van der Waals surface area (Å²) in [4.78, 5) is 14.0. The van der Waals surface area contributed by atoms with Crippen LogP contribution in [-0.2, 0) is 16.6 Å². The van der Waals surface area contributed by atoms with Gasteiger partial charge in [-0.05, 0) is 75.4 Å². The number of carbonyl (C=O) groups is 1. The lowest BCUT2D eigenvalue weighted by Crippen LogP contribution is -2.41. The van der Waals surface area contributed by atoms with Crippen LogP contribution in [0.3, 0.4) is 0 Å². The van der Waals surface area contributed by atoms with Crippen LogP contribution in [0.1, 0.15) is 48.5 Å². The summed E-state index contributed by atoms with van der Waals surface area (Å²) in [5.41, 5.74) is 1.59. The van der Waals surface area contributed by atoms with Gasteiger partial charge in [-0.25, -0.2) is 12.7 Å². The molecule has 2 aromatic rings. The van der Waals surface area contributed by atoms with E-state index in [9.17, 15) is 13.2 Å². The fraction of sp³-hybridized carbons (Fsp3) is 0.480. The SMILES string of the molecule is CC(=O)c1ccc(S(=O)(=O)N(C)CC2CC(Oc3cccc(CN4CCCC4)c3Cl)C2)cc1. The van der Waals surface area contributed by atoms with Crippen molar-refractivity contribution < 1.29 is 17.9 Å². The van der Waals surface area contributed by atoms with Gasteiger partial charge in [0.25, 0.3) is 0 Å². The molecule has 0 aromatic heterocycles. The van der Waals surface area contributed by atoms with E-state index in [2.05, 4.69) is 11.0 Å². The molecule has 0 amide bonds. The number of hydrogen-bond acceptors (Lipinski definition) is 5. The number of likely N-dealkylation sites (tertiary alicyclic amines) is 1. The second-order valence-electron chi connectivity index (χ2n) is 9.16. The van der Waals surface area contributed by atoms with Gasteiger partial charge in [0.05, 0.1) is 16.0 Å². The first-order valence-corrected chi connectivity index (χ1v) is 13.3. The summed E-state index contributed by atoms with van der Waals surface area (Å²) in [6, 6.07) is 12.0. The minimum atomic E-state index is -3.60. The Hall–Kier alpha value is -1.93. The van der Waals surface area contributed by atoms with Gasteiger partial charge in [-0.1, -0.05) is 35.9 Å². The Bertz CT molecular complexity index is 1090. The Kier molecular flexibility index (Phi) is 7.43. The molecule has 0 radical (unpaired) electrons. The van der Waals surface area contributed by atoms with E-state index >= 15 is 0 Å². The largest absolute Gasteiger partial charge is 0.489 e. The number of sulfonamides is 1. The lowest BCUT2D eigenvalue weighted by molar-refractivity contribution is 0.0575. The molecule has 6 nitrogen and oxygen atoms in total. The van der Waals surface area contributed by atoms with Crippen molar-refractivity contribution in [3.05, 3.63) is 58.6 Å². The highest BCUT2D eigenvalue weighted by molar-refractivity contribution is 7.89. The molecule has 1 heterocycles. The molecule has 33 heavy (non-hydrogen) atoms. The number of ketones is 1. The molecular weight excluding hydrogens is 460 g/mol. The summed E-state index contributed by atoms with van der Waals surface area (Å²) >= 11 is 6.63. The van der Waals surface area contributed by atoms with E-state index in [1.165, 1.54) is 36.2 Å². The molecule has 178 valence electrons. The third-order valence-corrected chi connectivity index (χ3v) is 8.87. The summed E-state index contributed by atoms with van der Waals surface area (Å²) in [6.07, 6.45) is 4.10. The highest BCUT2D eigenvalue weighted by Crippen LogP contribution is 2.37. The average molecular weight is 491 g/mol. The number of hydrogen-bond donors (Lipinski definition) is 0. The van der Waals surface area contributed by atoms with Crippen molar-refractivity contribution in [1.29, 1.82) is 0 Å². The molecule has 0 bridgehead atoms. The average Bonchev–Trinajstić information content (AvgIpc) is 3.27. The molecular formula is C25H31ClN2O4S. The summed E-state index contributed by atoms with van der Waals surface area (Å²) in [5, 5.41) is 0.682. The third kappa shape index (κ3) is 5.60. The first kappa shape index (κ1) is 24.2. The maximum Gasteiger partial charge on any atom is 0.242 e. The predicted octanol–water partition coefficient (Wildman–Crippen LogP) is 4.62. The van der Waals surface area contributed by atoms with Crippen LogP contribution in [0.4, 0.5) is 0 Å². The van der Waals surface area contributed by atoms with Crippen LogP contribution >= 0.6 is 11.6 Å². The molecule has 0 spiro atoms. The predicted molar refractivity (Wildman–Crippen MR) is 129 cm³/mol. The first-order valence-electron chi connectivity index (χ1n) is 11.5. The molecule has 0 unspecified atom stereocenters. The summed E-state index contributed by atoms with van der Waals surface area (Å²) in [7, 11) is -2.00. The van der Waals surface area contributed by atoms with E-state index in [4.69, 9.17) is 16.3 Å². The van der Waals surface area contributed by atoms with Crippen molar-refractivity contribution in [3.8, 4) is 5.75 Å². The van der Waals surface area contributed by atoms with Gasteiger partial charge in [0.2, 0.25) is 10.0 Å².